The first-order chi connectivity index (χ1) is 6.29. The highest BCUT2D eigenvalue weighted by molar-refractivity contribution is 7.88. The number of hydrogen-bond acceptors (Lipinski definition) is 1. The van der Waals surface area contributed by atoms with E-state index in [4.69, 9.17) is 11.6 Å². The number of halogens is 1. The first kappa shape index (κ1) is 8.73. The molecule has 0 N–H and O–H groups in total. The van der Waals surface area contributed by atoms with Crippen molar-refractivity contribution < 1.29 is 4.21 Å². The molecule has 0 amide bonds. The second-order valence-corrected chi connectivity index (χ2v) is 4.33. The molecule has 1 aromatic rings. The molecular weight excluding hydrogens is 204 g/mol. The zero-order valence-corrected chi connectivity index (χ0v) is 8.31. The van der Waals surface area contributed by atoms with Gasteiger partial charge in [-0.2, -0.15) is 0 Å². The minimum absolute atomic E-state index is 0.562. The topological polar surface area (TPSA) is 17.1 Å². The molecule has 13 heavy (non-hydrogen) atoms. The van der Waals surface area contributed by atoms with Crippen molar-refractivity contribution in [3.8, 4) is 0 Å². The lowest BCUT2D eigenvalue weighted by Crippen LogP contribution is -1.90. The van der Waals surface area contributed by atoms with Crippen LogP contribution in [0, 0.1) is 0 Å². The number of benzene rings is 1. The van der Waals surface area contributed by atoms with Crippen LogP contribution in [0.3, 0.4) is 0 Å². The first-order valence-electron chi connectivity index (χ1n) is 3.83. The van der Waals surface area contributed by atoms with Gasteiger partial charge in [0.25, 0.3) is 0 Å². The highest BCUT2D eigenvalue weighted by atomic mass is 35.5. The third-order valence-electron chi connectivity index (χ3n) is 1.79. The number of hydrogen-bond donors (Lipinski definition) is 0. The number of fused-ring (bicyclic) bond motifs is 1. The molecule has 1 aliphatic heterocycles. The average Bonchev–Trinajstić information content (AvgIpc) is 2.29. The van der Waals surface area contributed by atoms with Gasteiger partial charge in [0.05, 0.1) is 20.7 Å². The van der Waals surface area contributed by atoms with Crippen LogP contribution in [0.5, 0.6) is 0 Å². The second kappa shape index (κ2) is 3.48. The van der Waals surface area contributed by atoms with Gasteiger partial charge in [0, 0.05) is 5.41 Å². The van der Waals surface area contributed by atoms with Gasteiger partial charge in [-0.05, 0) is 11.6 Å². The van der Waals surface area contributed by atoms with Crippen molar-refractivity contribution in [2.75, 3.05) is 0 Å². The summed E-state index contributed by atoms with van der Waals surface area (Å²) < 4.78 is 11.6. The van der Waals surface area contributed by atoms with E-state index in [0.717, 1.165) is 5.56 Å². The predicted octanol–water partition coefficient (Wildman–Crippen LogP) is 2.99. The van der Waals surface area contributed by atoms with E-state index in [9.17, 15) is 4.21 Å². The summed E-state index contributed by atoms with van der Waals surface area (Å²) in [5.41, 5.74) is 0.927. The van der Waals surface area contributed by atoms with Gasteiger partial charge in [-0.1, -0.05) is 42.0 Å². The zero-order chi connectivity index (χ0) is 9.26. The van der Waals surface area contributed by atoms with Crippen molar-refractivity contribution in [3.05, 3.63) is 46.3 Å². The Hall–Kier alpha value is -0.860. The van der Waals surface area contributed by atoms with Gasteiger partial charge in [-0.3, -0.25) is 0 Å². The molecule has 0 aliphatic carbocycles. The lowest BCUT2D eigenvalue weighted by atomic mass is 10.2. The molecule has 1 aromatic carbocycles. The quantitative estimate of drug-likeness (QED) is 0.644. The Balaban J connectivity index is 2.71. The van der Waals surface area contributed by atoms with Crippen LogP contribution in [0.25, 0.3) is 6.08 Å². The van der Waals surface area contributed by atoms with Crippen molar-refractivity contribution in [2.24, 2.45) is 0 Å². The molecular formula is C10H7ClOS. The van der Waals surface area contributed by atoms with Crippen LogP contribution in [-0.2, 0) is 10.8 Å². The summed E-state index contributed by atoms with van der Waals surface area (Å²) in [5, 5.41) is 2.20. The maximum atomic E-state index is 11.6. The third kappa shape index (κ3) is 1.60. The van der Waals surface area contributed by atoms with Crippen LogP contribution >= 0.6 is 11.6 Å². The first-order valence-corrected chi connectivity index (χ1v) is 5.42. The molecule has 3 heteroatoms. The summed E-state index contributed by atoms with van der Waals surface area (Å²) in [6, 6.07) is 5.52. The summed E-state index contributed by atoms with van der Waals surface area (Å²) in [6.07, 6.45) is 5.54. The van der Waals surface area contributed by atoms with E-state index in [2.05, 4.69) is 0 Å². The molecule has 0 bridgehead atoms. The van der Waals surface area contributed by atoms with Crippen LogP contribution in [0.4, 0.5) is 0 Å². The van der Waals surface area contributed by atoms with Crippen molar-refractivity contribution in [3.63, 3.8) is 0 Å². The molecule has 1 aliphatic rings. The minimum Gasteiger partial charge on any atom is -0.250 e. The summed E-state index contributed by atoms with van der Waals surface area (Å²) in [4.78, 5) is 0.703. The minimum atomic E-state index is -1.12. The molecule has 0 aromatic heterocycles. The Labute approximate surface area is 84.2 Å². The van der Waals surface area contributed by atoms with E-state index in [0.29, 0.717) is 9.92 Å². The van der Waals surface area contributed by atoms with Crippen LogP contribution < -0.4 is 0 Å². The van der Waals surface area contributed by atoms with Gasteiger partial charge >= 0.3 is 0 Å². The highest BCUT2D eigenvalue weighted by Crippen LogP contribution is 2.26. The monoisotopic (exact) mass is 210 g/mol. The van der Waals surface area contributed by atoms with E-state index in [1.807, 2.05) is 24.3 Å². The normalized spacial score (nSPS) is 19.6. The third-order valence-corrected chi connectivity index (χ3v) is 3.48. The van der Waals surface area contributed by atoms with Crippen LogP contribution in [-0.4, -0.2) is 4.21 Å². The van der Waals surface area contributed by atoms with Crippen molar-refractivity contribution in [2.45, 2.75) is 4.90 Å². The van der Waals surface area contributed by atoms with E-state index < -0.39 is 10.8 Å². The molecule has 0 saturated heterocycles. The number of rotatable bonds is 0. The maximum absolute atomic E-state index is 11.6. The molecule has 66 valence electrons. The Morgan fingerprint density at radius 2 is 2.08 bits per heavy atom. The van der Waals surface area contributed by atoms with Gasteiger partial charge in [0.1, 0.15) is 0 Å². The van der Waals surface area contributed by atoms with Gasteiger partial charge in [0.15, 0.2) is 0 Å². The van der Waals surface area contributed by atoms with Gasteiger partial charge in [-0.25, -0.2) is 4.21 Å². The molecule has 1 heterocycles. The largest absolute Gasteiger partial charge is 0.250 e. The van der Waals surface area contributed by atoms with Gasteiger partial charge < -0.3 is 0 Å². The predicted molar refractivity (Wildman–Crippen MR) is 56.0 cm³/mol. The Morgan fingerprint density at radius 1 is 1.23 bits per heavy atom. The molecule has 0 spiro atoms. The fraction of sp³-hybridized carbons (Fsp3) is 0. The molecule has 0 saturated carbocycles. The highest BCUT2D eigenvalue weighted by Gasteiger charge is 2.10. The Morgan fingerprint density at radius 3 is 2.92 bits per heavy atom. The maximum Gasteiger partial charge on any atom is 0.0797 e. The van der Waals surface area contributed by atoms with Crippen LogP contribution in [0.1, 0.15) is 5.56 Å². The van der Waals surface area contributed by atoms with Gasteiger partial charge in [0.2, 0.25) is 0 Å². The fourth-order valence-corrected chi connectivity index (χ4v) is 2.62. The summed E-state index contributed by atoms with van der Waals surface area (Å²) in [6.45, 7) is 0. The zero-order valence-electron chi connectivity index (χ0n) is 6.74. The standard InChI is InChI=1S/C10H7ClOS/c11-9-6-3-5-8-4-1-2-7-13(12)10(8)9/h1-7H. The fourth-order valence-electron chi connectivity index (χ4n) is 1.21. The SMILES string of the molecule is O=S1C=CC=Cc2cccc(Cl)c21. The lowest BCUT2D eigenvalue weighted by molar-refractivity contribution is 0.688. The van der Waals surface area contributed by atoms with E-state index in [1.165, 1.54) is 0 Å². The molecule has 1 atom stereocenters. The summed E-state index contributed by atoms with van der Waals surface area (Å²) in [7, 11) is -1.12. The van der Waals surface area contributed by atoms with E-state index >= 15 is 0 Å². The van der Waals surface area contributed by atoms with E-state index in [-0.39, 0.29) is 0 Å². The summed E-state index contributed by atoms with van der Waals surface area (Å²) >= 11 is 5.95. The molecule has 0 fully saturated rings. The van der Waals surface area contributed by atoms with Crippen molar-refractivity contribution in [1.29, 1.82) is 0 Å². The molecule has 2 rings (SSSR count). The molecule has 1 nitrogen and oxygen atoms in total. The van der Waals surface area contributed by atoms with Crippen molar-refractivity contribution >= 4 is 28.5 Å². The van der Waals surface area contributed by atoms with Gasteiger partial charge in [-0.15, -0.1) is 0 Å². The van der Waals surface area contributed by atoms with Crippen LogP contribution in [0.2, 0.25) is 5.02 Å². The van der Waals surface area contributed by atoms with Crippen LogP contribution in [0.15, 0.2) is 40.7 Å². The second-order valence-electron chi connectivity index (χ2n) is 2.64. The molecule has 1 unspecified atom stereocenters. The lowest BCUT2D eigenvalue weighted by Gasteiger charge is -2.03. The molecule has 0 radical (unpaired) electrons. The number of allylic oxidation sites excluding steroid dienone is 2. The Bertz CT molecular complexity index is 421. The van der Waals surface area contributed by atoms with Crippen molar-refractivity contribution in [1.82, 2.24) is 0 Å². The summed E-state index contributed by atoms with van der Waals surface area (Å²) in [5.74, 6) is 0. The van der Waals surface area contributed by atoms with E-state index in [1.54, 1.807) is 17.6 Å². The Kier molecular flexibility index (Phi) is 2.34. The smallest absolute Gasteiger partial charge is 0.0797 e. The average molecular weight is 211 g/mol.